The van der Waals surface area contributed by atoms with Crippen LogP contribution in [-0.2, 0) is 28.9 Å². The maximum atomic E-state index is 11.8. The largest absolute Gasteiger partial charge is 0.481 e. The van der Waals surface area contributed by atoms with E-state index in [-0.39, 0.29) is 12.8 Å². The lowest BCUT2D eigenvalue weighted by atomic mass is 9.96. The van der Waals surface area contributed by atoms with Crippen molar-refractivity contribution in [1.82, 2.24) is 39.9 Å². The van der Waals surface area contributed by atoms with E-state index in [1.54, 1.807) is 0 Å². The number of aromatic nitrogens is 8. The molecule has 4 N–H and O–H groups in total. The molecular weight excluding hydrogens is 849 g/mol. The molecule has 5 heterocycles. The van der Waals surface area contributed by atoms with E-state index in [0.29, 0.717) is 71.6 Å². The molecule has 0 fully saturated rings. The van der Waals surface area contributed by atoms with E-state index >= 15 is 0 Å². The molecule has 0 spiro atoms. The molecule has 350 valence electrons. The number of H-pyrrole nitrogens is 2. The fourth-order valence-corrected chi connectivity index (χ4v) is 10.1. The molecule has 8 bridgehead atoms. The Hall–Kier alpha value is -6.82. The van der Waals surface area contributed by atoms with Gasteiger partial charge in [0.15, 0.2) is 23.3 Å². The Kier molecular flexibility index (Phi) is 14.9. The van der Waals surface area contributed by atoms with Crippen molar-refractivity contribution in [1.29, 1.82) is 0 Å². The molecule has 0 amide bonds. The number of aryl methyl sites for hydroxylation is 3. The smallest absolute Gasteiger partial charge is 0.303 e. The Labute approximate surface area is 397 Å². The van der Waals surface area contributed by atoms with E-state index in [4.69, 9.17) is 29.9 Å². The molecule has 9 rings (SSSR count). The van der Waals surface area contributed by atoms with Gasteiger partial charge in [0.05, 0.1) is 0 Å². The summed E-state index contributed by atoms with van der Waals surface area (Å²) in [6.07, 6.45) is 20.9. The van der Waals surface area contributed by atoms with E-state index in [0.717, 1.165) is 79.8 Å². The lowest BCUT2D eigenvalue weighted by Gasteiger charge is -2.09. The first kappa shape index (κ1) is 46.3. The number of aromatic amines is 2. The van der Waals surface area contributed by atoms with E-state index in [9.17, 15) is 19.8 Å². The van der Waals surface area contributed by atoms with E-state index < -0.39 is 11.9 Å². The monoisotopic (exact) mass is 910 g/mol. The summed E-state index contributed by atoms with van der Waals surface area (Å²) in [5.74, 6) is 0.353. The molecule has 2 aliphatic rings. The molecule has 12 nitrogen and oxygen atoms in total. The first-order valence-electron chi connectivity index (χ1n) is 25.1. The number of nitrogens with zero attached hydrogens (tertiary/aromatic N) is 6. The van der Waals surface area contributed by atoms with Gasteiger partial charge in [-0.05, 0) is 55.2 Å². The Bertz CT molecular complexity index is 3120. The summed E-state index contributed by atoms with van der Waals surface area (Å²) >= 11 is 0. The second kappa shape index (κ2) is 21.9. The minimum atomic E-state index is -0.857. The third-order valence-electron chi connectivity index (χ3n) is 13.6. The highest BCUT2D eigenvalue weighted by Crippen LogP contribution is 2.40. The molecule has 0 aliphatic carbocycles. The number of carboxylic acid groups (broad SMARTS) is 2. The number of nitrogens with one attached hydrogen (secondary N) is 2. The fraction of sp³-hybridized carbons (Fsp3) is 0.393. The van der Waals surface area contributed by atoms with E-state index in [1.807, 2.05) is 60.7 Å². The highest BCUT2D eigenvalue weighted by Gasteiger charge is 2.25. The zero-order valence-electron chi connectivity index (χ0n) is 39.2. The number of fused-ring (bicyclic) bond motifs is 20. The second-order valence-electron chi connectivity index (χ2n) is 18.5. The van der Waals surface area contributed by atoms with Gasteiger partial charge in [0, 0.05) is 56.6 Å². The van der Waals surface area contributed by atoms with Gasteiger partial charge >= 0.3 is 11.9 Å². The maximum absolute atomic E-state index is 11.8. The first-order chi connectivity index (χ1) is 33.4. The van der Waals surface area contributed by atoms with Crippen LogP contribution in [0, 0.1) is 0 Å². The van der Waals surface area contributed by atoms with Crippen LogP contribution in [0.2, 0.25) is 0 Å². The molecule has 12 heteroatoms. The van der Waals surface area contributed by atoms with Crippen LogP contribution >= 0.6 is 0 Å². The average Bonchev–Trinajstić information content (AvgIpc) is 4.08. The van der Waals surface area contributed by atoms with Crippen LogP contribution in [0.3, 0.4) is 0 Å². The molecule has 2 aliphatic heterocycles. The number of hydrogen-bond acceptors (Lipinski definition) is 8. The van der Waals surface area contributed by atoms with Crippen molar-refractivity contribution in [3.63, 3.8) is 0 Å². The van der Waals surface area contributed by atoms with Gasteiger partial charge in [-0.2, -0.15) is 0 Å². The molecular formula is C56H62N8O4. The number of hydrogen-bond donors (Lipinski definition) is 4. The van der Waals surface area contributed by atoms with Crippen LogP contribution in [0.25, 0.3) is 89.7 Å². The number of benzene rings is 4. The lowest BCUT2D eigenvalue weighted by Crippen LogP contribution is -1.99. The summed E-state index contributed by atoms with van der Waals surface area (Å²) < 4.78 is 0. The Balaban J connectivity index is 1.15. The Morgan fingerprint density at radius 2 is 0.824 bits per heavy atom. The number of aliphatic carboxylic acids is 2. The molecule has 7 aromatic rings. The molecule has 68 heavy (non-hydrogen) atoms. The number of carbonyl (C=O) groups is 2. The van der Waals surface area contributed by atoms with Crippen LogP contribution in [0.15, 0.2) is 78.9 Å². The van der Waals surface area contributed by atoms with Gasteiger partial charge < -0.3 is 20.2 Å². The number of unbranched alkanes of at least 4 members (excludes halogenated alkanes) is 13. The van der Waals surface area contributed by atoms with Crippen LogP contribution < -0.4 is 0 Å². The SMILES string of the molecule is CCCCCCCCCCCCCCCCc1cccc2c1-c1nc-2nc2[nH]c(nc3nc(nc4[nH]c(n1)c1c(CCCC(=O)O)ccc(CCCC(=O)O)c41)-c1ccccc1-3)c1ccccc21. The van der Waals surface area contributed by atoms with Crippen LogP contribution in [0.1, 0.15) is 139 Å². The van der Waals surface area contributed by atoms with Crippen molar-refractivity contribution in [2.75, 3.05) is 0 Å². The van der Waals surface area contributed by atoms with E-state index in [2.05, 4.69) is 35.1 Å². The molecule has 3 aromatic heterocycles. The minimum absolute atomic E-state index is 0.0166. The minimum Gasteiger partial charge on any atom is -0.481 e. The summed E-state index contributed by atoms with van der Waals surface area (Å²) in [6.45, 7) is 2.27. The number of carboxylic acids is 2. The summed E-state index contributed by atoms with van der Waals surface area (Å²) in [4.78, 5) is 62.1. The number of rotatable bonds is 23. The molecule has 4 aromatic carbocycles. The van der Waals surface area contributed by atoms with Crippen molar-refractivity contribution < 1.29 is 19.8 Å². The van der Waals surface area contributed by atoms with Crippen LogP contribution in [0.5, 0.6) is 0 Å². The Morgan fingerprint density at radius 3 is 1.35 bits per heavy atom. The summed E-state index contributed by atoms with van der Waals surface area (Å²) in [5, 5.41) is 22.7. The Morgan fingerprint density at radius 1 is 0.412 bits per heavy atom. The third-order valence-corrected chi connectivity index (χ3v) is 13.6. The predicted molar refractivity (Wildman–Crippen MR) is 271 cm³/mol. The van der Waals surface area contributed by atoms with Crippen molar-refractivity contribution in [2.24, 2.45) is 0 Å². The van der Waals surface area contributed by atoms with Crippen molar-refractivity contribution in [3.8, 4) is 45.6 Å². The van der Waals surface area contributed by atoms with Crippen LogP contribution in [-0.4, -0.2) is 62.0 Å². The molecule has 0 radical (unpaired) electrons. The zero-order valence-corrected chi connectivity index (χ0v) is 39.2. The normalized spacial score (nSPS) is 11.9. The average molecular weight is 911 g/mol. The van der Waals surface area contributed by atoms with Crippen LogP contribution in [0.4, 0.5) is 0 Å². The highest BCUT2D eigenvalue weighted by molar-refractivity contribution is 6.09. The van der Waals surface area contributed by atoms with Gasteiger partial charge in [-0.1, -0.05) is 169 Å². The van der Waals surface area contributed by atoms with Gasteiger partial charge in [-0.25, -0.2) is 29.9 Å². The molecule has 0 saturated carbocycles. The van der Waals surface area contributed by atoms with Gasteiger partial charge in [-0.15, -0.1) is 0 Å². The summed E-state index contributed by atoms with van der Waals surface area (Å²) in [7, 11) is 0. The van der Waals surface area contributed by atoms with Gasteiger partial charge in [-0.3, -0.25) is 9.59 Å². The lowest BCUT2D eigenvalue weighted by molar-refractivity contribution is -0.138. The maximum Gasteiger partial charge on any atom is 0.303 e. The first-order valence-corrected chi connectivity index (χ1v) is 25.1. The predicted octanol–water partition coefficient (Wildman–Crippen LogP) is 13.7. The zero-order chi connectivity index (χ0) is 46.8. The third kappa shape index (κ3) is 10.5. The van der Waals surface area contributed by atoms with Crippen molar-refractivity contribution in [2.45, 2.75) is 142 Å². The van der Waals surface area contributed by atoms with Gasteiger partial charge in [0.25, 0.3) is 0 Å². The fourth-order valence-electron chi connectivity index (χ4n) is 10.1. The van der Waals surface area contributed by atoms with Gasteiger partial charge in [0.2, 0.25) is 0 Å². The summed E-state index contributed by atoms with van der Waals surface area (Å²) in [5.41, 5.74) is 8.84. The van der Waals surface area contributed by atoms with Gasteiger partial charge in [0.1, 0.15) is 22.6 Å². The quantitative estimate of drug-likeness (QED) is 0.0450. The highest BCUT2D eigenvalue weighted by atomic mass is 16.4. The van der Waals surface area contributed by atoms with Crippen molar-refractivity contribution >= 4 is 56.1 Å². The topological polar surface area (TPSA) is 184 Å². The molecule has 0 unspecified atom stereocenters. The standard InChI is InChI=1S/C56H62N8O4/c1-2-3-4-5-6-7-8-9-10-11-12-13-14-15-23-36-24-20-31-43-46(36)54-62-53(43)60-51-40-28-17-16-27-39(40)49(58-51)57-50-41-29-18-19-30-42(41)52(59-50)61-55-47-37(25-21-32-44(65)66)34-35-38(26-22-33-45(67)68)48(47)56(63-54)64-55/h16-20,24,27-31,34-35H,2-15,21-23,25-26,32-33H2,1H3,(H,65,66)(H,67,68)(H2,57,58,59,60,61,62,63,64). The summed E-state index contributed by atoms with van der Waals surface area (Å²) in [6, 6.07) is 26.4. The second-order valence-corrected chi connectivity index (χ2v) is 18.5. The molecule has 0 atom stereocenters. The van der Waals surface area contributed by atoms with Crippen molar-refractivity contribution in [3.05, 3.63) is 95.6 Å². The van der Waals surface area contributed by atoms with E-state index in [1.165, 1.54) is 77.0 Å². The molecule has 0 saturated heterocycles.